The Morgan fingerprint density at radius 3 is 2.55 bits per heavy atom. The summed E-state index contributed by atoms with van der Waals surface area (Å²) >= 11 is 4.63. The lowest BCUT2D eigenvalue weighted by Gasteiger charge is -1.99. The summed E-state index contributed by atoms with van der Waals surface area (Å²) in [6, 6.07) is 11.5. The summed E-state index contributed by atoms with van der Waals surface area (Å²) in [5.74, 6) is -0.0634. The fourth-order valence-electron chi connectivity index (χ4n) is 2.02. The van der Waals surface area contributed by atoms with Gasteiger partial charge in [-0.25, -0.2) is 4.98 Å². The van der Waals surface area contributed by atoms with Gasteiger partial charge < -0.3 is 4.42 Å². The summed E-state index contributed by atoms with van der Waals surface area (Å²) in [4.78, 5) is 17.6. The Morgan fingerprint density at radius 2 is 1.91 bits per heavy atom. The molecule has 6 heteroatoms. The van der Waals surface area contributed by atoms with Crippen molar-refractivity contribution < 1.29 is 9.21 Å². The van der Waals surface area contributed by atoms with Gasteiger partial charge in [0.2, 0.25) is 0 Å². The molecular formula is C16H13BrN2O2S. The van der Waals surface area contributed by atoms with Crippen LogP contribution in [0.5, 0.6) is 0 Å². The normalized spacial score (nSPS) is 10.7. The topological polar surface area (TPSA) is 55.1 Å². The van der Waals surface area contributed by atoms with E-state index in [0.29, 0.717) is 9.80 Å². The van der Waals surface area contributed by atoms with Crippen molar-refractivity contribution in [3.63, 3.8) is 0 Å². The zero-order valence-electron chi connectivity index (χ0n) is 12.0. The van der Waals surface area contributed by atoms with Crippen molar-refractivity contribution in [2.75, 3.05) is 5.32 Å². The van der Waals surface area contributed by atoms with Crippen LogP contribution in [-0.2, 0) is 0 Å². The highest BCUT2D eigenvalue weighted by atomic mass is 79.9. The van der Waals surface area contributed by atoms with Gasteiger partial charge >= 0.3 is 0 Å². The maximum Gasteiger partial charge on any atom is 0.293 e. The van der Waals surface area contributed by atoms with Crippen LogP contribution in [0.15, 0.2) is 45.5 Å². The number of nitrogens with one attached hydrogen (secondary N) is 1. The van der Waals surface area contributed by atoms with Gasteiger partial charge in [-0.1, -0.05) is 29.8 Å². The highest BCUT2D eigenvalue weighted by Gasteiger charge is 2.15. The van der Waals surface area contributed by atoms with E-state index < -0.39 is 0 Å². The molecule has 2 heterocycles. The Hall–Kier alpha value is -1.92. The van der Waals surface area contributed by atoms with E-state index in [0.717, 1.165) is 16.1 Å². The monoisotopic (exact) mass is 376 g/mol. The molecule has 0 aliphatic carbocycles. The highest BCUT2D eigenvalue weighted by molar-refractivity contribution is 9.10. The molecule has 1 amide bonds. The molecule has 0 aliphatic heterocycles. The minimum absolute atomic E-state index is 0.247. The SMILES string of the molecule is Cc1ccc(-c2nc(NC(=O)c3ccc(Br)o3)sc2C)cc1. The molecule has 0 radical (unpaired) electrons. The first kappa shape index (κ1) is 15.0. The third-order valence-electron chi connectivity index (χ3n) is 3.14. The minimum Gasteiger partial charge on any atom is -0.444 e. The van der Waals surface area contributed by atoms with Crippen molar-refractivity contribution in [3.05, 3.63) is 57.3 Å². The van der Waals surface area contributed by atoms with Crippen molar-refractivity contribution >= 4 is 38.3 Å². The van der Waals surface area contributed by atoms with Crippen LogP contribution in [-0.4, -0.2) is 10.9 Å². The van der Waals surface area contributed by atoms with E-state index in [-0.39, 0.29) is 11.7 Å². The third-order valence-corrected chi connectivity index (χ3v) is 4.45. The molecule has 0 unspecified atom stereocenters. The summed E-state index contributed by atoms with van der Waals surface area (Å²) in [6.07, 6.45) is 0. The van der Waals surface area contributed by atoms with E-state index in [1.165, 1.54) is 16.9 Å². The molecule has 0 aliphatic rings. The van der Waals surface area contributed by atoms with Crippen LogP contribution in [0.3, 0.4) is 0 Å². The van der Waals surface area contributed by atoms with E-state index in [1.807, 2.05) is 38.1 Å². The van der Waals surface area contributed by atoms with Gasteiger partial charge in [-0.15, -0.1) is 11.3 Å². The highest BCUT2D eigenvalue weighted by Crippen LogP contribution is 2.30. The lowest BCUT2D eigenvalue weighted by atomic mass is 10.1. The molecule has 112 valence electrons. The molecule has 1 aromatic carbocycles. The molecule has 22 heavy (non-hydrogen) atoms. The first-order chi connectivity index (χ1) is 10.5. The molecule has 0 fully saturated rings. The first-order valence-electron chi connectivity index (χ1n) is 6.64. The Kier molecular flexibility index (Phi) is 4.13. The first-order valence-corrected chi connectivity index (χ1v) is 8.25. The van der Waals surface area contributed by atoms with Crippen molar-refractivity contribution in [2.45, 2.75) is 13.8 Å². The van der Waals surface area contributed by atoms with E-state index in [2.05, 4.69) is 26.2 Å². The molecule has 3 rings (SSSR count). The maximum atomic E-state index is 12.1. The number of hydrogen-bond acceptors (Lipinski definition) is 4. The third kappa shape index (κ3) is 3.13. The second-order valence-corrected chi connectivity index (χ2v) is 6.83. The smallest absolute Gasteiger partial charge is 0.293 e. The van der Waals surface area contributed by atoms with Gasteiger partial charge in [0.25, 0.3) is 5.91 Å². The number of thiazole rings is 1. The van der Waals surface area contributed by atoms with Gasteiger partial charge in [-0.3, -0.25) is 10.1 Å². The van der Waals surface area contributed by atoms with Crippen molar-refractivity contribution in [3.8, 4) is 11.3 Å². The summed E-state index contributed by atoms with van der Waals surface area (Å²) < 4.78 is 5.76. The van der Waals surface area contributed by atoms with E-state index >= 15 is 0 Å². The van der Waals surface area contributed by atoms with Gasteiger partial charge in [0.05, 0.1) is 5.69 Å². The minimum atomic E-state index is -0.310. The lowest BCUT2D eigenvalue weighted by Crippen LogP contribution is -2.10. The molecule has 1 N–H and O–H groups in total. The second kappa shape index (κ2) is 6.06. The Balaban J connectivity index is 1.83. The molecule has 2 aromatic heterocycles. The van der Waals surface area contributed by atoms with E-state index in [4.69, 9.17) is 4.42 Å². The van der Waals surface area contributed by atoms with Gasteiger partial charge in [-0.05, 0) is 41.9 Å². The number of carbonyl (C=O) groups excluding carboxylic acids is 1. The van der Waals surface area contributed by atoms with Crippen LogP contribution >= 0.6 is 27.3 Å². The Labute approximate surface area is 140 Å². The number of hydrogen-bond donors (Lipinski definition) is 1. The van der Waals surface area contributed by atoms with E-state index in [1.54, 1.807) is 12.1 Å². The van der Waals surface area contributed by atoms with Crippen LogP contribution in [0.1, 0.15) is 21.0 Å². The zero-order valence-corrected chi connectivity index (χ0v) is 14.4. The predicted molar refractivity (Wildman–Crippen MR) is 91.4 cm³/mol. The number of furan rings is 1. The molecule has 0 saturated carbocycles. The number of halogens is 1. The Bertz CT molecular complexity index is 821. The molecular weight excluding hydrogens is 364 g/mol. The fourth-order valence-corrected chi connectivity index (χ4v) is 3.16. The lowest BCUT2D eigenvalue weighted by molar-refractivity contribution is 0.0995. The van der Waals surface area contributed by atoms with Gasteiger partial charge in [0.15, 0.2) is 15.6 Å². The van der Waals surface area contributed by atoms with Gasteiger partial charge in [0.1, 0.15) is 0 Å². The van der Waals surface area contributed by atoms with Crippen LogP contribution in [0.2, 0.25) is 0 Å². The summed E-state index contributed by atoms with van der Waals surface area (Å²) in [5, 5.41) is 3.33. The number of aromatic nitrogens is 1. The fraction of sp³-hybridized carbons (Fsp3) is 0.125. The van der Waals surface area contributed by atoms with Crippen LogP contribution in [0, 0.1) is 13.8 Å². The molecule has 0 saturated heterocycles. The maximum absolute atomic E-state index is 12.1. The Morgan fingerprint density at radius 1 is 1.18 bits per heavy atom. The van der Waals surface area contributed by atoms with Crippen LogP contribution in [0.4, 0.5) is 5.13 Å². The van der Waals surface area contributed by atoms with Crippen molar-refractivity contribution in [2.24, 2.45) is 0 Å². The molecule has 3 aromatic rings. The number of aryl methyl sites for hydroxylation is 2. The summed E-state index contributed by atoms with van der Waals surface area (Å²) in [5.41, 5.74) is 3.13. The van der Waals surface area contributed by atoms with Crippen molar-refractivity contribution in [1.29, 1.82) is 0 Å². The quantitative estimate of drug-likeness (QED) is 0.696. The van der Waals surface area contributed by atoms with E-state index in [9.17, 15) is 4.79 Å². The van der Waals surface area contributed by atoms with Gasteiger partial charge in [-0.2, -0.15) is 0 Å². The van der Waals surface area contributed by atoms with Crippen LogP contribution < -0.4 is 5.32 Å². The average Bonchev–Trinajstić information content (AvgIpc) is 3.06. The van der Waals surface area contributed by atoms with Gasteiger partial charge in [0, 0.05) is 10.4 Å². The van der Waals surface area contributed by atoms with Crippen molar-refractivity contribution in [1.82, 2.24) is 4.98 Å². The number of anilines is 1. The molecule has 0 spiro atoms. The average molecular weight is 377 g/mol. The van der Waals surface area contributed by atoms with Crippen LogP contribution in [0.25, 0.3) is 11.3 Å². The number of nitrogens with zero attached hydrogens (tertiary/aromatic N) is 1. The predicted octanol–water partition coefficient (Wildman–Crippen LogP) is 5.03. The number of rotatable bonds is 3. The molecule has 0 bridgehead atoms. The number of benzene rings is 1. The summed E-state index contributed by atoms with van der Waals surface area (Å²) in [6.45, 7) is 4.04. The molecule has 4 nitrogen and oxygen atoms in total. The zero-order chi connectivity index (χ0) is 15.7. The standard InChI is InChI=1S/C16H13BrN2O2S/c1-9-3-5-11(6-4-9)14-10(2)22-16(18-14)19-15(20)12-7-8-13(17)21-12/h3-8H,1-2H3,(H,18,19,20). The number of carbonyl (C=O) groups is 1. The molecule has 0 atom stereocenters. The summed E-state index contributed by atoms with van der Waals surface area (Å²) in [7, 11) is 0. The second-order valence-electron chi connectivity index (χ2n) is 4.85. The largest absolute Gasteiger partial charge is 0.444 e. The number of amides is 1.